The first-order valence-electron chi connectivity index (χ1n) is 7.48. The third-order valence-electron chi connectivity index (χ3n) is 2.34. The molecule has 0 amide bonds. The number of carboxylic acids is 1. The van der Waals surface area contributed by atoms with Gasteiger partial charge in [-0.05, 0) is 20.0 Å². The van der Waals surface area contributed by atoms with Gasteiger partial charge in [0.1, 0.15) is 6.61 Å². The van der Waals surface area contributed by atoms with Crippen molar-refractivity contribution >= 4 is 17.9 Å². The molecule has 0 spiro atoms. The summed E-state index contributed by atoms with van der Waals surface area (Å²) in [6.45, 7) is 19.0. The highest BCUT2D eigenvalue weighted by Crippen LogP contribution is 1.87. The summed E-state index contributed by atoms with van der Waals surface area (Å²) in [5, 5.41) is 7.60. The molecule has 0 heterocycles. The number of carbonyl (C=O) groups excluding carboxylic acids is 2. The summed E-state index contributed by atoms with van der Waals surface area (Å²) >= 11 is 0. The molecule has 0 fully saturated rings. The van der Waals surface area contributed by atoms with E-state index < -0.39 is 5.97 Å². The molecule has 24 heavy (non-hydrogen) atoms. The van der Waals surface area contributed by atoms with Gasteiger partial charge < -0.3 is 19.5 Å². The average molecular weight is 343 g/mol. The van der Waals surface area contributed by atoms with Crippen molar-refractivity contribution in [2.45, 2.75) is 20.8 Å². The van der Waals surface area contributed by atoms with Gasteiger partial charge in [0.05, 0.1) is 6.61 Å². The maximum Gasteiger partial charge on any atom is 0.330 e. The summed E-state index contributed by atoms with van der Waals surface area (Å²) in [5.41, 5.74) is 0. The van der Waals surface area contributed by atoms with Crippen molar-refractivity contribution in [1.29, 1.82) is 0 Å². The average Bonchev–Trinajstić information content (AvgIpc) is 2.59. The lowest BCUT2D eigenvalue weighted by molar-refractivity contribution is -0.138. The summed E-state index contributed by atoms with van der Waals surface area (Å²) in [4.78, 5) is 32.1. The lowest BCUT2D eigenvalue weighted by Crippen LogP contribution is -2.27. The third-order valence-corrected chi connectivity index (χ3v) is 2.34. The van der Waals surface area contributed by atoms with E-state index in [1.54, 1.807) is 6.92 Å². The molecule has 0 bridgehead atoms. The lowest BCUT2D eigenvalue weighted by atomic mass is 10.5. The molecule has 0 radical (unpaired) electrons. The van der Waals surface area contributed by atoms with Gasteiger partial charge in [0.2, 0.25) is 0 Å². The highest BCUT2D eigenvalue weighted by atomic mass is 16.5. The molecule has 0 aliphatic rings. The van der Waals surface area contributed by atoms with Crippen molar-refractivity contribution in [3.8, 4) is 0 Å². The second kappa shape index (κ2) is 20.6. The lowest BCUT2D eigenvalue weighted by Gasteiger charge is -2.16. The van der Waals surface area contributed by atoms with Crippen molar-refractivity contribution in [3.05, 3.63) is 38.0 Å². The number of rotatable bonds is 9. The van der Waals surface area contributed by atoms with Crippen LogP contribution in [0.4, 0.5) is 0 Å². The molecule has 0 aromatic heterocycles. The van der Waals surface area contributed by atoms with Crippen molar-refractivity contribution in [1.82, 2.24) is 4.90 Å². The van der Waals surface area contributed by atoms with Crippen LogP contribution in [0.15, 0.2) is 38.0 Å². The second-order valence-electron chi connectivity index (χ2n) is 3.90. The van der Waals surface area contributed by atoms with E-state index in [1.165, 1.54) is 6.08 Å². The predicted octanol–water partition coefficient (Wildman–Crippen LogP) is 2.05. The first-order valence-corrected chi connectivity index (χ1v) is 7.48. The fourth-order valence-corrected chi connectivity index (χ4v) is 1.08. The van der Waals surface area contributed by atoms with E-state index in [4.69, 9.17) is 9.84 Å². The highest BCUT2D eigenvalue weighted by Gasteiger charge is 1.99. The molecule has 0 aliphatic heterocycles. The van der Waals surface area contributed by atoms with Gasteiger partial charge in [-0.15, -0.1) is 0 Å². The van der Waals surface area contributed by atoms with Crippen molar-refractivity contribution in [2.24, 2.45) is 0 Å². The number of carbonyl (C=O) groups is 3. The van der Waals surface area contributed by atoms with Crippen LogP contribution in [0.25, 0.3) is 0 Å². The smallest absolute Gasteiger partial charge is 0.330 e. The first kappa shape index (κ1) is 26.5. The van der Waals surface area contributed by atoms with Gasteiger partial charge >= 0.3 is 17.9 Å². The van der Waals surface area contributed by atoms with Crippen LogP contribution in [0.2, 0.25) is 0 Å². The predicted molar refractivity (Wildman–Crippen MR) is 93.6 cm³/mol. The first-order chi connectivity index (χ1) is 11.3. The maximum absolute atomic E-state index is 10.6. The van der Waals surface area contributed by atoms with Gasteiger partial charge in [-0.3, -0.25) is 0 Å². The largest absolute Gasteiger partial charge is 0.478 e. The minimum absolute atomic E-state index is 0.345. The number of nitrogens with zero attached hydrogens (tertiary/aromatic N) is 1. The minimum Gasteiger partial charge on any atom is -0.478 e. The molecule has 0 aromatic carbocycles. The summed E-state index contributed by atoms with van der Waals surface area (Å²) in [7, 11) is 0. The Balaban J connectivity index is -0.000000311. The second-order valence-corrected chi connectivity index (χ2v) is 3.90. The maximum atomic E-state index is 10.6. The highest BCUT2D eigenvalue weighted by molar-refractivity contribution is 5.81. The molecule has 1 N–H and O–H groups in total. The van der Waals surface area contributed by atoms with E-state index >= 15 is 0 Å². The van der Waals surface area contributed by atoms with E-state index in [1.807, 2.05) is 0 Å². The van der Waals surface area contributed by atoms with Crippen LogP contribution >= 0.6 is 0 Å². The van der Waals surface area contributed by atoms with Crippen molar-refractivity contribution in [3.63, 3.8) is 0 Å². The van der Waals surface area contributed by atoms with Crippen LogP contribution < -0.4 is 0 Å². The topological polar surface area (TPSA) is 93.1 Å². The molecule has 0 saturated heterocycles. The zero-order valence-electron chi connectivity index (χ0n) is 14.8. The van der Waals surface area contributed by atoms with E-state index in [0.717, 1.165) is 31.8 Å². The molecule has 0 aromatic rings. The molecule has 138 valence electrons. The number of hydrogen-bond donors (Lipinski definition) is 1. The van der Waals surface area contributed by atoms with Gasteiger partial charge in [0.25, 0.3) is 0 Å². The molecule has 0 saturated carbocycles. The van der Waals surface area contributed by atoms with Crippen LogP contribution in [0, 0.1) is 0 Å². The summed E-state index contributed by atoms with van der Waals surface area (Å²) in [6, 6.07) is 0. The Kier molecular flexibility index (Phi) is 22.7. The monoisotopic (exact) mass is 343 g/mol. The molecular weight excluding hydrogens is 314 g/mol. The van der Waals surface area contributed by atoms with Crippen LogP contribution in [0.3, 0.4) is 0 Å². The number of esters is 2. The normalized spacial score (nSPS) is 8.50. The number of likely N-dealkylation sites (N-methyl/N-ethyl adjacent to an activating group) is 1. The van der Waals surface area contributed by atoms with Crippen LogP contribution in [-0.4, -0.2) is 60.8 Å². The van der Waals surface area contributed by atoms with E-state index in [9.17, 15) is 14.4 Å². The summed E-state index contributed by atoms with van der Waals surface area (Å²) in [5.74, 6) is -1.69. The Morgan fingerprint density at radius 2 is 1.33 bits per heavy atom. The van der Waals surface area contributed by atoms with Crippen molar-refractivity contribution in [2.75, 3.05) is 32.8 Å². The quantitative estimate of drug-likeness (QED) is 0.506. The number of ether oxygens (including phenoxy) is 2. The molecule has 7 heteroatoms. The third kappa shape index (κ3) is 24.6. The van der Waals surface area contributed by atoms with Crippen LogP contribution in [0.5, 0.6) is 0 Å². The van der Waals surface area contributed by atoms with Crippen LogP contribution in [-0.2, 0) is 23.9 Å². The van der Waals surface area contributed by atoms with Gasteiger partial charge in [-0.2, -0.15) is 0 Å². The molecule has 0 unspecified atom stereocenters. The Bertz CT molecular complexity index is 389. The molecule has 0 atom stereocenters. The van der Waals surface area contributed by atoms with Gasteiger partial charge in [-0.1, -0.05) is 33.6 Å². The SMILES string of the molecule is C=CC(=O)O.C=CC(=O)OCC.C=CC(=O)OCCN(CC)CC. The number of aliphatic carboxylic acids is 1. The molecular formula is C17H29NO6. The Hall–Kier alpha value is -2.41. The zero-order valence-corrected chi connectivity index (χ0v) is 14.8. The zero-order chi connectivity index (χ0) is 19.4. The van der Waals surface area contributed by atoms with E-state index in [-0.39, 0.29) is 11.9 Å². The Morgan fingerprint density at radius 1 is 0.917 bits per heavy atom. The molecule has 0 aliphatic carbocycles. The summed E-state index contributed by atoms with van der Waals surface area (Å²) in [6.07, 6.45) is 3.16. The molecule has 0 rings (SSSR count). The Labute approximate surface area is 144 Å². The minimum atomic E-state index is -0.981. The van der Waals surface area contributed by atoms with E-state index in [0.29, 0.717) is 13.2 Å². The van der Waals surface area contributed by atoms with Crippen molar-refractivity contribution < 1.29 is 29.0 Å². The number of carboxylic acid groups (broad SMARTS) is 1. The fraction of sp³-hybridized carbons (Fsp3) is 0.471. The van der Waals surface area contributed by atoms with Crippen LogP contribution in [0.1, 0.15) is 20.8 Å². The van der Waals surface area contributed by atoms with Gasteiger partial charge in [0, 0.05) is 24.8 Å². The number of hydrogen-bond acceptors (Lipinski definition) is 6. The standard InChI is InChI=1S/C9H17NO2.C5H8O2.C3H4O2/c1-4-9(11)12-8-7-10(5-2)6-3;1-3-5(6)7-4-2;1-2-3(4)5/h4H,1,5-8H2,2-3H3;3H,1,4H2,2H3;2H,1H2,(H,4,5). The molecule has 7 nitrogen and oxygen atoms in total. The van der Waals surface area contributed by atoms with Gasteiger partial charge in [0.15, 0.2) is 0 Å². The summed E-state index contributed by atoms with van der Waals surface area (Å²) < 4.78 is 9.26. The fourth-order valence-electron chi connectivity index (χ4n) is 1.08. The van der Waals surface area contributed by atoms with E-state index in [2.05, 4.69) is 43.2 Å². The van der Waals surface area contributed by atoms with Gasteiger partial charge in [-0.25, -0.2) is 14.4 Å². The Morgan fingerprint density at radius 3 is 1.58 bits per heavy atom.